The van der Waals surface area contributed by atoms with E-state index >= 15 is 0 Å². The third-order valence-electron chi connectivity index (χ3n) is 2.23. The van der Waals surface area contributed by atoms with E-state index in [0.29, 0.717) is 5.92 Å². The first-order valence-corrected chi connectivity index (χ1v) is 4.82. The second-order valence-electron chi connectivity index (χ2n) is 4.16. The first kappa shape index (κ1) is 12.4. The van der Waals surface area contributed by atoms with Crippen LogP contribution in [0.15, 0.2) is 0 Å². The number of carbonyl (C=O) groups is 1. The van der Waals surface area contributed by atoms with E-state index in [1.165, 1.54) is 0 Å². The fraction of sp³-hybridized carbons (Fsp3) is 0.900. The summed E-state index contributed by atoms with van der Waals surface area (Å²) in [4.78, 5) is 11.4. The smallest absolute Gasteiger partial charge is 0.323 e. The van der Waals surface area contributed by atoms with Gasteiger partial charge in [0.2, 0.25) is 0 Å². The van der Waals surface area contributed by atoms with Crippen molar-refractivity contribution >= 4 is 5.97 Å². The number of hydrogen-bond acceptors (Lipinski definition) is 3. The van der Waals surface area contributed by atoms with E-state index in [1.807, 2.05) is 34.6 Å². The molecule has 0 amide bonds. The number of carbonyl (C=O) groups excluding carboxylic acids is 1. The molecule has 0 aliphatic heterocycles. The van der Waals surface area contributed by atoms with Crippen LogP contribution in [0.3, 0.4) is 0 Å². The Bertz CT molecular complexity index is 166. The van der Waals surface area contributed by atoms with Crippen molar-refractivity contribution < 1.29 is 9.53 Å². The summed E-state index contributed by atoms with van der Waals surface area (Å²) < 4.78 is 5.17. The Kier molecular flexibility index (Phi) is 4.99. The van der Waals surface area contributed by atoms with E-state index in [1.54, 1.807) is 0 Å². The fourth-order valence-corrected chi connectivity index (χ4v) is 0.670. The van der Waals surface area contributed by atoms with Crippen LogP contribution in [-0.2, 0) is 9.53 Å². The van der Waals surface area contributed by atoms with Gasteiger partial charge in [0.05, 0.1) is 0 Å². The molecule has 3 nitrogen and oxygen atoms in total. The molecule has 0 heterocycles. The molecule has 0 fully saturated rings. The number of hydrogen-bond donors (Lipinski definition) is 1. The summed E-state index contributed by atoms with van der Waals surface area (Å²) in [5.74, 6) is 0.173. The Hall–Kier alpha value is -0.570. The molecule has 0 aliphatic rings. The van der Waals surface area contributed by atoms with Crippen molar-refractivity contribution in [1.29, 1.82) is 0 Å². The van der Waals surface area contributed by atoms with Crippen molar-refractivity contribution in [2.75, 3.05) is 0 Å². The maximum absolute atomic E-state index is 11.4. The molecular weight excluding hydrogens is 166 g/mol. The van der Waals surface area contributed by atoms with Crippen LogP contribution in [0.25, 0.3) is 0 Å². The lowest BCUT2D eigenvalue weighted by Crippen LogP contribution is -2.39. The van der Waals surface area contributed by atoms with Crippen molar-refractivity contribution in [3.8, 4) is 0 Å². The van der Waals surface area contributed by atoms with Crippen LogP contribution in [0.2, 0.25) is 0 Å². The molecule has 0 aromatic rings. The van der Waals surface area contributed by atoms with Gasteiger partial charge in [0.1, 0.15) is 12.1 Å². The molecule has 0 rings (SSSR count). The quantitative estimate of drug-likeness (QED) is 0.679. The molecule has 0 spiro atoms. The Morgan fingerprint density at radius 3 is 1.85 bits per heavy atom. The Balaban J connectivity index is 4.00. The van der Waals surface area contributed by atoms with E-state index in [0.717, 1.165) is 0 Å². The molecule has 78 valence electrons. The monoisotopic (exact) mass is 187 g/mol. The predicted molar refractivity (Wildman–Crippen MR) is 53.2 cm³/mol. The zero-order valence-electron chi connectivity index (χ0n) is 9.20. The summed E-state index contributed by atoms with van der Waals surface area (Å²) in [6.45, 7) is 9.73. The molecule has 0 aliphatic carbocycles. The van der Waals surface area contributed by atoms with Crippen molar-refractivity contribution in [1.82, 2.24) is 0 Å². The maximum Gasteiger partial charge on any atom is 0.323 e. The largest absolute Gasteiger partial charge is 0.461 e. The molecule has 3 heteroatoms. The average Bonchev–Trinajstić information content (AvgIpc) is 2.02. The molecule has 2 N–H and O–H groups in total. The summed E-state index contributed by atoms with van der Waals surface area (Å²) >= 11 is 0. The summed E-state index contributed by atoms with van der Waals surface area (Å²) in [5.41, 5.74) is 5.63. The van der Waals surface area contributed by atoms with E-state index in [4.69, 9.17) is 10.5 Å². The molecule has 0 saturated carbocycles. The van der Waals surface area contributed by atoms with Crippen LogP contribution in [0, 0.1) is 11.8 Å². The van der Waals surface area contributed by atoms with Gasteiger partial charge in [0, 0.05) is 0 Å². The lowest BCUT2D eigenvalue weighted by molar-refractivity contribution is -0.152. The normalized spacial score (nSPS) is 16.0. The van der Waals surface area contributed by atoms with E-state index in [2.05, 4.69) is 0 Å². The number of nitrogens with two attached hydrogens (primary N) is 1. The minimum atomic E-state index is -0.499. The minimum absolute atomic E-state index is 0.0581. The van der Waals surface area contributed by atoms with Crippen molar-refractivity contribution in [3.05, 3.63) is 0 Å². The van der Waals surface area contributed by atoms with Gasteiger partial charge in [-0.05, 0) is 18.8 Å². The second kappa shape index (κ2) is 5.22. The van der Waals surface area contributed by atoms with Gasteiger partial charge in [-0.25, -0.2) is 0 Å². The third kappa shape index (κ3) is 4.27. The highest BCUT2D eigenvalue weighted by Gasteiger charge is 2.21. The average molecular weight is 187 g/mol. The highest BCUT2D eigenvalue weighted by atomic mass is 16.5. The maximum atomic E-state index is 11.4. The molecule has 0 radical (unpaired) electrons. The van der Waals surface area contributed by atoms with E-state index < -0.39 is 6.04 Å². The van der Waals surface area contributed by atoms with Gasteiger partial charge >= 0.3 is 5.97 Å². The van der Waals surface area contributed by atoms with Crippen LogP contribution < -0.4 is 5.73 Å². The molecule has 0 aromatic carbocycles. The molecule has 2 atom stereocenters. The van der Waals surface area contributed by atoms with Crippen LogP contribution >= 0.6 is 0 Å². The first-order chi connectivity index (χ1) is 5.86. The number of ether oxygens (including phenoxy) is 1. The Morgan fingerprint density at radius 1 is 1.08 bits per heavy atom. The minimum Gasteiger partial charge on any atom is -0.461 e. The lowest BCUT2D eigenvalue weighted by Gasteiger charge is -2.20. The highest BCUT2D eigenvalue weighted by molar-refractivity contribution is 5.75. The van der Waals surface area contributed by atoms with Crippen molar-refractivity contribution in [2.24, 2.45) is 17.6 Å². The van der Waals surface area contributed by atoms with Crippen molar-refractivity contribution in [3.63, 3.8) is 0 Å². The predicted octanol–water partition coefficient (Wildman–Crippen LogP) is 1.56. The molecule has 0 bridgehead atoms. The van der Waals surface area contributed by atoms with Gasteiger partial charge in [-0.15, -0.1) is 0 Å². The summed E-state index contributed by atoms with van der Waals surface area (Å²) in [7, 11) is 0. The molecular formula is C10H21NO2. The van der Waals surface area contributed by atoms with Gasteiger partial charge in [-0.1, -0.05) is 27.7 Å². The molecule has 0 aromatic heterocycles. The van der Waals surface area contributed by atoms with Crippen LogP contribution in [0.5, 0.6) is 0 Å². The van der Waals surface area contributed by atoms with Gasteiger partial charge < -0.3 is 10.5 Å². The number of rotatable bonds is 4. The fourth-order valence-electron chi connectivity index (χ4n) is 0.670. The summed E-state index contributed by atoms with van der Waals surface area (Å²) in [5, 5.41) is 0. The van der Waals surface area contributed by atoms with Crippen LogP contribution in [0.4, 0.5) is 0 Å². The SMILES string of the molecule is CC(C)[C@H](C)OC(=O)[C@@H](N)C(C)C. The first-order valence-electron chi connectivity index (χ1n) is 4.82. The van der Waals surface area contributed by atoms with Crippen molar-refractivity contribution in [2.45, 2.75) is 46.8 Å². The zero-order chi connectivity index (χ0) is 10.6. The summed E-state index contributed by atoms with van der Waals surface area (Å²) in [6.07, 6.45) is -0.0581. The highest BCUT2D eigenvalue weighted by Crippen LogP contribution is 2.08. The standard InChI is InChI=1S/C10H21NO2/c1-6(2)8(5)13-10(12)9(11)7(3)4/h6-9H,11H2,1-5H3/t8-,9-/m0/s1. The lowest BCUT2D eigenvalue weighted by atomic mass is 10.1. The molecule has 0 unspecified atom stereocenters. The van der Waals surface area contributed by atoms with Gasteiger partial charge in [0.15, 0.2) is 0 Å². The molecule has 0 saturated heterocycles. The topological polar surface area (TPSA) is 52.3 Å². The summed E-state index contributed by atoms with van der Waals surface area (Å²) in [6, 6.07) is -0.499. The van der Waals surface area contributed by atoms with Gasteiger partial charge in [0.25, 0.3) is 0 Å². The molecule has 13 heavy (non-hydrogen) atoms. The third-order valence-corrected chi connectivity index (χ3v) is 2.23. The van der Waals surface area contributed by atoms with Gasteiger partial charge in [-0.2, -0.15) is 0 Å². The second-order valence-corrected chi connectivity index (χ2v) is 4.16. The Labute approximate surface area is 80.6 Å². The zero-order valence-corrected chi connectivity index (χ0v) is 9.20. The van der Waals surface area contributed by atoms with Crippen LogP contribution in [-0.4, -0.2) is 18.1 Å². The van der Waals surface area contributed by atoms with Gasteiger partial charge in [-0.3, -0.25) is 4.79 Å². The van der Waals surface area contributed by atoms with E-state index in [-0.39, 0.29) is 18.0 Å². The Morgan fingerprint density at radius 2 is 1.54 bits per heavy atom. The number of esters is 1. The van der Waals surface area contributed by atoms with Crippen LogP contribution in [0.1, 0.15) is 34.6 Å². The van der Waals surface area contributed by atoms with E-state index in [9.17, 15) is 4.79 Å².